The van der Waals surface area contributed by atoms with Crippen molar-refractivity contribution in [1.82, 2.24) is 14.5 Å². The van der Waals surface area contributed by atoms with Gasteiger partial charge in [-0.25, -0.2) is 4.98 Å². The van der Waals surface area contributed by atoms with E-state index in [0.29, 0.717) is 0 Å². The van der Waals surface area contributed by atoms with Crippen LogP contribution < -0.4 is 5.73 Å². The van der Waals surface area contributed by atoms with E-state index in [-0.39, 0.29) is 27.7 Å². The van der Waals surface area contributed by atoms with Gasteiger partial charge in [-0.15, -0.1) is 0 Å². The summed E-state index contributed by atoms with van der Waals surface area (Å²) in [4.78, 5) is 7.81. The first-order valence-corrected chi connectivity index (χ1v) is 6.71. The minimum Gasteiger partial charge on any atom is -0.394 e. The lowest BCUT2D eigenvalue weighted by Gasteiger charge is -2.17. The second-order valence-corrected chi connectivity index (χ2v) is 5.22. The summed E-state index contributed by atoms with van der Waals surface area (Å²) in [5, 5.41) is 38.6. The van der Waals surface area contributed by atoms with Crippen LogP contribution in [0, 0.1) is 11.3 Å². The molecule has 4 atom stereocenters. The summed E-state index contributed by atoms with van der Waals surface area (Å²) < 4.78 is 6.77. The van der Waals surface area contributed by atoms with Gasteiger partial charge in [-0.3, -0.25) is 0 Å². The van der Waals surface area contributed by atoms with Gasteiger partial charge in [-0.1, -0.05) is 11.6 Å². The zero-order chi connectivity index (χ0) is 16.0. The van der Waals surface area contributed by atoms with E-state index in [9.17, 15) is 15.5 Å². The largest absolute Gasteiger partial charge is 0.394 e. The first-order chi connectivity index (χ1) is 10.5. The number of halogens is 1. The van der Waals surface area contributed by atoms with Gasteiger partial charge in [-0.2, -0.15) is 10.2 Å². The molecule has 22 heavy (non-hydrogen) atoms. The Morgan fingerprint density at radius 1 is 1.41 bits per heavy atom. The van der Waals surface area contributed by atoms with E-state index in [2.05, 4.69) is 9.97 Å². The molecule has 0 aliphatic carbocycles. The number of hydrogen-bond acceptors (Lipinski definition) is 8. The molecule has 5 N–H and O–H groups in total. The topological polar surface area (TPSA) is 150 Å². The molecule has 3 rings (SSSR count). The summed E-state index contributed by atoms with van der Waals surface area (Å²) >= 11 is 6.00. The van der Waals surface area contributed by atoms with Gasteiger partial charge in [0.1, 0.15) is 29.5 Å². The van der Waals surface area contributed by atoms with Crippen LogP contribution in [0.15, 0.2) is 6.20 Å². The van der Waals surface area contributed by atoms with Crippen LogP contribution in [0.5, 0.6) is 0 Å². The molecule has 2 aromatic heterocycles. The molecule has 1 aliphatic rings. The Kier molecular flexibility index (Phi) is 3.64. The van der Waals surface area contributed by atoms with Crippen LogP contribution in [0.3, 0.4) is 0 Å². The van der Waals surface area contributed by atoms with Gasteiger partial charge in [-0.05, 0) is 0 Å². The molecule has 1 unspecified atom stereocenters. The highest BCUT2D eigenvalue weighted by Gasteiger charge is 2.44. The normalized spacial score (nSPS) is 28.1. The molecule has 0 aromatic carbocycles. The number of nitrogens with zero attached hydrogens (tertiary/aromatic N) is 4. The third-order valence-corrected chi connectivity index (χ3v) is 3.83. The lowest BCUT2D eigenvalue weighted by molar-refractivity contribution is -0.0508. The molecule has 116 valence electrons. The van der Waals surface area contributed by atoms with Crippen molar-refractivity contribution in [2.24, 2.45) is 0 Å². The number of nitrogens with two attached hydrogens (primary N) is 1. The monoisotopic (exact) mass is 325 g/mol. The number of nitrogen functional groups attached to an aromatic ring is 1. The number of anilines is 1. The van der Waals surface area contributed by atoms with Crippen LogP contribution in [0.4, 0.5) is 5.95 Å². The molecule has 0 spiro atoms. The highest BCUT2D eigenvalue weighted by atomic mass is 35.5. The predicted octanol–water partition coefficient (Wildman–Crippen LogP) is -0.850. The Morgan fingerprint density at radius 3 is 2.73 bits per heavy atom. The third kappa shape index (κ3) is 2.09. The quantitative estimate of drug-likeness (QED) is 0.521. The standard InChI is InChI=1S/C12H12ClN5O4/c13-9-6-4(1-14)2-18(10(6)17-12(15)16-9)11-8(21)7(20)5(3-19)22-11/h2,5,7-8,11,19-21H,3H2,(H2,15,16,17)/t5-,7-,8+,11?/m1/s1. The average molecular weight is 326 g/mol. The number of aliphatic hydroxyl groups excluding tert-OH is 3. The fourth-order valence-corrected chi connectivity index (χ4v) is 2.78. The van der Waals surface area contributed by atoms with Gasteiger partial charge in [0.05, 0.1) is 17.6 Å². The van der Waals surface area contributed by atoms with E-state index in [0.717, 1.165) is 0 Å². The summed E-state index contributed by atoms with van der Waals surface area (Å²) in [5.74, 6) is -0.104. The van der Waals surface area contributed by atoms with E-state index in [1.54, 1.807) is 0 Å². The molecule has 1 saturated heterocycles. The molecular weight excluding hydrogens is 314 g/mol. The van der Waals surface area contributed by atoms with E-state index in [4.69, 9.17) is 27.2 Å². The number of ether oxygens (including phenoxy) is 1. The number of aromatic nitrogens is 3. The lowest BCUT2D eigenvalue weighted by atomic mass is 10.1. The summed E-state index contributed by atoms with van der Waals surface area (Å²) in [5.41, 5.74) is 5.94. The molecule has 2 aromatic rings. The van der Waals surface area contributed by atoms with E-state index in [1.165, 1.54) is 10.8 Å². The average Bonchev–Trinajstić information content (AvgIpc) is 2.98. The Morgan fingerprint density at radius 2 is 2.14 bits per heavy atom. The van der Waals surface area contributed by atoms with Crippen molar-refractivity contribution in [3.63, 3.8) is 0 Å². The second kappa shape index (κ2) is 5.35. The molecule has 0 saturated carbocycles. The van der Waals surface area contributed by atoms with Crippen LogP contribution in [0.25, 0.3) is 11.0 Å². The molecule has 3 heterocycles. The van der Waals surface area contributed by atoms with E-state index < -0.39 is 31.1 Å². The van der Waals surface area contributed by atoms with Crippen molar-refractivity contribution in [3.8, 4) is 6.07 Å². The number of hydrogen-bond donors (Lipinski definition) is 4. The Labute approximate surface area is 129 Å². The molecular formula is C12H12ClN5O4. The fraction of sp³-hybridized carbons (Fsp3) is 0.417. The van der Waals surface area contributed by atoms with Crippen molar-refractivity contribution in [1.29, 1.82) is 5.26 Å². The van der Waals surface area contributed by atoms with Crippen LogP contribution >= 0.6 is 11.6 Å². The molecule has 0 amide bonds. The van der Waals surface area contributed by atoms with Crippen LogP contribution in [-0.4, -0.2) is 54.8 Å². The van der Waals surface area contributed by atoms with Crippen LogP contribution in [0.1, 0.15) is 11.8 Å². The maximum absolute atomic E-state index is 10.1. The number of fused-ring (bicyclic) bond motifs is 1. The van der Waals surface area contributed by atoms with Crippen molar-refractivity contribution >= 4 is 28.6 Å². The highest BCUT2D eigenvalue weighted by Crippen LogP contribution is 2.35. The SMILES string of the molecule is N#Cc1cn(C2O[C@H](CO)[C@@H](O)[C@@H]2O)c2nc(N)nc(Cl)c12. The Balaban J connectivity index is 2.18. The van der Waals surface area contributed by atoms with Gasteiger partial charge in [0.25, 0.3) is 0 Å². The maximum atomic E-state index is 10.1. The van der Waals surface area contributed by atoms with Gasteiger partial charge in [0, 0.05) is 6.20 Å². The summed E-state index contributed by atoms with van der Waals surface area (Å²) in [6.07, 6.45) is -3.19. The lowest BCUT2D eigenvalue weighted by Crippen LogP contribution is -2.33. The van der Waals surface area contributed by atoms with Crippen LogP contribution in [0.2, 0.25) is 5.15 Å². The van der Waals surface area contributed by atoms with Gasteiger partial charge in [0.15, 0.2) is 11.9 Å². The van der Waals surface area contributed by atoms with Gasteiger partial charge >= 0.3 is 0 Å². The molecule has 0 bridgehead atoms. The van der Waals surface area contributed by atoms with E-state index >= 15 is 0 Å². The minimum absolute atomic E-state index is 0.00421. The van der Waals surface area contributed by atoms with Crippen molar-refractivity contribution in [2.45, 2.75) is 24.5 Å². The molecule has 0 radical (unpaired) electrons. The second-order valence-electron chi connectivity index (χ2n) is 4.86. The maximum Gasteiger partial charge on any atom is 0.223 e. The Hall–Kier alpha value is -1.96. The molecule has 10 heteroatoms. The smallest absolute Gasteiger partial charge is 0.223 e. The molecule has 1 fully saturated rings. The zero-order valence-corrected chi connectivity index (χ0v) is 11.8. The first-order valence-electron chi connectivity index (χ1n) is 6.34. The molecule has 9 nitrogen and oxygen atoms in total. The van der Waals surface area contributed by atoms with Crippen LogP contribution in [-0.2, 0) is 4.74 Å². The van der Waals surface area contributed by atoms with Gasteiger partial charge in [0.2, 0.25) is 5.95 Å². The predicted molar refractivity (Wildman–Crippen MR) is 74.7 cm³/mol. The van der Waals surface area contributed by atoms with Crippen molar-refractivity contribution in [3.05, 3.63) is 16.9 Å². The summed E-state index contributed by atoms with van der Waals surface area (Å²) in [6, 6.07) is 1.95. The number of aliphatic hydroxyl groups is 3. The Bertz CT molecular complexity index is 773. The third-order valence-electron chi connectivity index (χ3n) is 3.56. The summed E-state index contributed by atoms with van der Waals surface area (Å²) in [7, 11) is 0. The number of rotatable bonds is 2. The fourth-order valence-electron chi connectivity index (χ4n) is 2.51. The minimum atomic E-state index is -1.31. The number of nitriles is 1. The zero-order valence-electron chi connectivity index (χ0n) is 11.1. The van der Waals surface area contributed by atoms with Crippen molar-refractivity contribution in [2.75, 3.05) is 12.3 Å². The summed E-state index contributed by atoms with van der Waals surface area (Å²) in [6.45, 7) is -0.461. The first kappa shape index (κ1) is 15.0. The van der Waals surface area contributed by atoms with E-state index in [1.807, 2.05) is 6.07 Å². The van der Waals surface area contributed by atoms with Crippen molar-refractivity contribution < 1.29 is 20.1 Å². The highest BCUT2D eigenvalue weighted by molar-refractivity contribution is 6.34. The molecule has 1 aliphatic heterocycles. The van der Waals surface area contributed by atoms with Gasteiger partial charge < -0.3 is 30.4 Å².